The molecule has 0 aliphatic heterocycles. The van der Waals surface area contributed by atoms with Crippen molar-refractivity contribution in [3.05, 3.63) is 108 Å². The summed E-state index contributed by atoms with van der Waals surface area (Å²) in [5, 5.41) is 1.82. The van der Waals surface area contributed by atoms with Crippen LogP contribution in [0.4, 0.5) is 5.00 Å². The van der Waals surface area contributed by atoms with E-state index in [0.717, 1.165) is 43.3 Å². The van der Waals surface area contributed by atoms with Crippen LogP contribution in [0.3, 0.4) is 0 Å². The zero-order chi connectivity index (χ0) is 26.2. The fourth-order valence-electron chi connectivity index (χ4n) is 4.40. The molecule has 0 fully saturated rings. The normalized spacial score (nSPS) is 11.9. The van der Waals surface area contributed by atoms with Gasteiger partial charge >= 0.3 is 0 Å². The molecule has 37 heavy (non-hydrogen) atoms. The SMILES string of the molecule is Cc1ccc(CN(c2sc3ccccc3c2C)S(=O)(=O)c2ccc(-n3ccnc3CN(C)C)cc2)cc1. The first-order valence-corrected chi connectivity index (χ1v) is 14.3. The van der Waals surface area contributed by atoms with Gasteiger partial charge in [-0.3, -0.25) is 4.31 Å². The second kappa shape index (κ2) is 10.1. The number of benzene rings is 3. The molecule has 0 spiro atoms. The fraction of sp³-hybridized carbons (Fsp3) is 0.207. The van der Waals surface area contributed by atoms with Crippen molar-refractivity contribution in [2.24, 2.45) is 0 Å². The lowest BCUT2D eigenvalue weighted by Crippen LogP contribution is -2.30. The monoisotopic (exact) mass is 530 g/mol. The van der Waals surface area contributed by atoms with Crippen molar-refractivity contribution in [2.75, 3.05) is 18.4 Å². The van der Waals surface area contributed by atoms with E-state index in [9.17, 15) is 8.42 Å². The summed E-state index contributed by atoms with van der Waals surface area (Å²) < 4.78 is 32.9. The molecule has 0 aliphatic rings. The fourth-order valence-corrected chi connectivity index (χ4v) is 7.33. The number of hydrogen-bond donors (Lipinski definition) is 0. The third-order valence-electron chi connectivity index (χ3n) is 6.37. The highest BCUT2D eigenvalue weighted by atomic mass is 32.2. The molecule has 3 aromatic carbocycles. The summed E-state index contributed by atoms with van der Waals surface area (Å²) >= 11 is 1.51. The third kappa shape index (κ3) is 5.05. The van der Waals surface area contributed by atoms with Crippen LogP contribution < -0.4 is 4.31 Å². The maximum Gasteiger partial charge on any atom is 0.265 e. The number of anilines is 1. The van der Waals surface area contributed by atoms with Crippen molar-refractivity contribution >= 4 is 36.4 Å². The number of aryl methyl sites for hydroxylation is 2. The molecule has 0 unspecified atom stereocenters. The van der Waals surface area contributed by atoms with Crippen molar-refractivity contribution in [1.29, 1.82) is 0 Å². The summed E-state index contributed by atoms with van der Waals surface area (Å²) in [6.07, 6.45) is 3.66. The molecular weight excluding hydrogens is 500 g/mol. The van der Waals surface area contributed by atoms with Gasteiger partial charge in [0.1, 0.15) is 10.8 Å². The van der Waals surface area contributed by atoms with Crippen LogP contribution in [0.15, 0.2) is 90.1 Å². The van der Waals surface area contributed by atoms with E-state index in [1.165, 1.54) is 11.3 Å². The number of fused-ring (bicyclic) bond motifs is 1. The first-order valence-electron chi connectivity index (χ1n) is 12.1. The summed E-state index contributed by atoms with van der Waals surface area (Å²) in [6, 6.07) is 23.2. The van der Waals surface area contributed by atoms with E-state index < -0.39 is 10.0 Å². The van der Waals surface area contributed by atoms with E-state index in [2.05, 4.69) is 4.98 Å². The molecule has 5 aromatic rings. The van der Waals surface area contributed by atoms with Crippen LogP contribution >= 0.6 is 11.3 Å². The van der Waals surface area contributed by atoms with Gasteiger partial charge in [-0.2, -0.15) is 0 Å². The summed E-state index contributed by atoms with van der Waals surface area (Å²) in [5.41, 5.74) is 3.92. The maximum atomic E-state index is 14.2. The van der Waals surface area contributed by atoms with Gasteiger partial charge in [-0.15, -0.1) is 11.3 Å². The number of imidazole rings is 1. The molecule has 6 nitrogen and oxygen atoms in total. The molecule has 2 heterocycles. The maximum absolute atomic E-state index is 14.2. The Kier molecular flexibility index (Phi) is 6.90. The largest absolute Gasteiger partial charge is 0.303 e. The number of hydrogen-bond acceptors (Lipinski definition) is 5. The Bertz CT molecular complexity index is 1630. The average molecular weight is 531 g/mol. The average Bonchev–Trinajstić information content (AvgIpc) is 3.47. The molecule has 0 saturated heterocycles. The molecule has 0 N–H and O–H groups in total. The van der Waals surface area contributed by atoms with Gasteiger partial charge in [0, 0.05) is 22.8 Å². The molecular formula is C29H30N4O2S2. The van der Waals surface area contributed by atoms with Crippen molar-refractivity contribution in [1.82, 2.24) is 14.5 Å². The van der Waals surface area contributed by atoms with Crippen LogP contribution in [-0.2, 0) is 23.1 Å². The Morgan fingerprint density at radius 2 is 1.59 bits per heavy atom. The highest BCUT2D eigenvalue weighted by Crippen LogP contribution is 2.40. The first-order chi connectivity index (χ1) is 17.7. The molecule has 0 radical (unpaired) electrons. The van der Waals surface area contributed by atoms with Crippen LogP contribution in [0.5, 0.6) is 0 Å². The van der Waals surface area contributed by atoms with Gasteiger partial charge in [-0.1, -0.05) is 48.0 Å². The van der Waals surface area contributed by atoms with Crippen LogP contribution in [-0.4, -0.2) is 37.0 Å². The second-order valence-corrected chi connectivity index (χ2v) is 12.4. The number of aromatic nitrogens is 2. The Hall–Kier alpha value is -3.46. The van der Waals surface area contributed by atoms with Crippen molar-refractivity contribution in [2.45, 2.75) is 31.8 Å². The zero-order valence-electron chi connectivity index (χ0n) is 21.4. The van der Waals surface area contributed by atoms with Gasteiger partial charge in [-0.25, -0.2) is 13.4 Å². The quantitative estimate of drug-likeness (QED) is 0.241. The van der Waals surface area contributed by atoms with Crippen LogP contribution in [0.2, 0.25) is 0 Å². The second-order valence-electron chi connectivity index (χ2n) is 9.47. The molecule has 190 valence electrons. The van der Waals surface area contributed by atoms with E-state index in [1.54, 1.807) is 22.6 Å². The third-order valence-corrected chi connectivity index (χ3v) is 9.54. The standard InChI is InChI=1S/C29H30N4O2S2/c1-21-9-11-23(12-10-21)19-33(29-22(2)26-7-5-6-8-27(26)36-29)37(34,35)25-15-13-24(14-16-25)32-18-17-30-28(32)20-31(3)4/h5-18H,19-20H2,1-4H3. The van der Waals surface area contributed by atoms with Gasteiger partial charge in [-0.05, 0) is 74.8 Å². The highest BCUT2D eigenvalue weighted by molar-refractivity contribution is 7.93. The number of thiophene rings is 1. The van der Waals surface area contributed by atoms with E-state index in [0.29, 0.717) is 6.54 Å². The van der Waals surface area contributed by atoms with Gasteiger partial charge in [0.25, 0.3) is 10.0 Å². The molecule has 0 amide bonds. The number of rotatable bonds is 8. The minimum atomic E-state index is -3.84. The molecule has 0 aliphatic carbocycles. The minimum Gasteiger partial charge on any atom is -0.303 e. The van der Waals surface area contributed by atoms with Gasteiger partial charge in [0.15, 0.2) is 0 Å². The van der Waals surface area contributed by atoms with Crippen LogP contribution in [0, 0.1) is 13.8 Å². The summed E-state index contributed by atoms with van der Waals surface area (Å²) in [7, 11) is 0.150. The van der Waals surface area contributed by atoms with Gasteiger partial charge in [0.2, 0.25) is 0 Å². The van der Waals surface area contributed by atoms with Gasteiger partial charge < -0.3 is 9.47 Å². The Morgan fingerprint density at radius 3 is 2.27 bits per heavy atom. The number of nitrogens with zero attached hydrogens (tertiary/aromatic N) is 4. The molecule has 2 aromatic heterocycles. The van der Waals surface area contributed by atoms with Crippen LogP contribution in [0.25, 0.3) is 15.8 Å². The zero-order valence-corrected chi connectivity index (χ0v) is 23.1. The van der Waals surface area contributed by atoms with Gasteiger partial charge in [0.05, 0.1) is 18.0 Å². The van der Waals surface area contributed by atoms with Crippen molar-refractivity contribution < 1.29 is 8.42 Å². The predicted molar refractivity (Wildman–Crippen MR) is 152 cm³/mol. The highest BCUT2D eigenvalue weighted by Gasteiger charge is 2.29. The molecule has 5 rings (SSSR count). The van der Waals surface area contributed by atoms with Crippen molar-refractivity contribution in [3.8, 4) is 5.69 Å². The molecule has 0 saturated carbocycles. The molecule has 0 atom stereocenters. The summed E-state index contributed by atoms with van der Waals surface area (Å²) in [6.45, 7) is 4.97. The van der Waals surface area contributed by atoms with E-state index in [1.807, 2.05) is 104 Å². The van der Waals surface area contributed by atoms with E-state index >= 15 is 0 Å². The Labute approximate surface area is 222 Å². The lowest BCUT2D eigenvalue weighted by Gasteiger charge is -2.24. The Balaban J connectivity index is 1.56. The lowest BCUT2D eigenvalue weighted by molar-refractivity contribution is 0.388. The number of sulfonamides is 1. The van der Waals surface area contributed by atoms with Crippen LogP contribution in [0.1, 0.15) is 22.5 Å². The summed E-state index contributed by atoms with van der Waals surface area (Å²) in [4.78, 5) is 6.76. The molecule has 0 bridgehead atoms. The lowest BCUT2D eigenvalue weighted by atomic mass is 10.1. The predicted octanol–water partition coefficient (Wildman–Crippen LogP) is 6.16. The van der Waals surface area contributed by atoms with E-state index in [-0.39, 0.29) is 11.4 Å². The Morgan fingerprint density at radius 1 is 0.892 bits per heavy atom. The minimum absolute atomic E-state index is 0.256. The van der Waals surface area contributed by atoms with Crippen molar-refractivity contribution in [3.63, 3.8) is 0 Å². The molecule has 8 heteroatoms. The topological polar surface area (TPSA) is 58.4 Å². The summed E-state index contributed by atoms with van der Waals surface area (Å²) in [5.74, 6) is 0.891. The van der Waals surface area contributed by atoms with E-state index in [4.69, 9.17) is 0 Å². The smallest absolute Gasteiger partial charge is 0.265 e. The first kappa shape index (κ1) is 25.2.